The molecule has 0 radical (unpaired) electrons. The average Bonchev–Trinajstić information content (AvgIpc) is 2.33. The van der Waals surface area contributed by atoms with Gasteiger partial charge >= 0.3 is 0 Å². The molecule has 2 rings (SSSR count). The molecule has 4 heteroatoms. The Hall–Kier alpha value is -1.86. The summed E-state index contributed by atoms with van der Waals surface area (Å²) in [6, 6.07) is 13.1. The third-order valence-corrected chi connectivity index (χ3v) is 2.58. The SMILES string of the molecule is N#Cc1cccc(Oc2ccc(Br)cc2F)c1. The van der Waals surface area contributed by atoms with E-state index in [2.05, 4.69) is 15.9 Å². The fourth-order valence-corrected chi connectivity index (χ4v) is 1.65. The van der Waals surface area contributed by atoms with Gasteiger partial charge in [-0.25, -0.2) is 4.39 Å². The van der Waals surface area contributed by atoms with Crippen LogP contribution in [0.2, 0.25) is 0 Å². The lowest BCUT2D eigenvalue weighted by Crippen LogP contribution is -1.88. The summed E-state index contributed by atoms with van der Waals surface area (Å²) in [5.74, 6) is 0.107. The van der Waals surface area contributed by atoms with E-state index in [0.717, 1.165) is 0 Å². The van der Waals surface area contributed by atoms with Gasteiger partial charge in [0, 0.05) is 4.47 Å². The van der Waals surface area contributed by atoms with E-state index in [0.29, 0.717) is 15.8 Å². The number of hydrogen-bond acceptors (Lipinski definition) is 2. The van der Waals surface area contributed by atoms with Crippen LogP contribution >= 0.6 is 15.9 Å². The molecule has 0 N–H and O–H groups in total. The van der Waals surface area contributed by atoms with Crippen molar-refractivity contribution in [1.82, 2.24) is 0 Å². The minimum Gasteiger partial charge on any atom is -0.454 e. The van der Waals surface area contributed by atoms with E-state index in [1.54, 1.807) is 30.3 Å². The minimum atomic E-state index is -0.457. The van der Waals surface area contributed by atoms with Crippen LogP contribution in [-0.2, 0) is 0 Å². The van der Waals surface area contributed by atoms with Crippen LogP contribution in [0.15, 0.2) is 46.9 Å². The molecule has 0 heterocycles. The zero-order valence-electron chi connectivity index (χ0n) is 8.65. The van der Waals surface area contributed by atoms with E-state index in [9.17, 15) is 4.39 Å². The van der Waals surface area contributed by atoms with Gasteiger partial charge in [-0.05, 0) is 36.4 Å². The largest absolute Gasteiger partial charge is 0.454 e. The second-order valence-corrected chi connectivity index (χ2v) is 4.23. The number of rotatable bonds is 2. The van der Waals surface area contributed by atoms with Crippen LogP contribution in [-0.4, -0.2) is 0 Å². The molecule has 0 fully saturated rings. The van der Waals surface area contributed by atoms with Crippen molar-refractivity contribution < 1.29 is 9.13 Å². The first-order valence-electron chi connectivity index (χ1n) is 4.82. The molecule has 0 aromatic heterocycles. The first kappa shape index (κ1) is 11.6. The van der Waals surface area contributed by atoms with Crippen molar-refractivity contribution in [3.05, 3.63) is 58.3 Å². The van der Waals surface area contributed by atoms with E-state index < -0.39 is 5.82 Å². The summed E-state index contributed by atoms with van der Waals surface area (Å²) >= 11 is 3.17. The smallest absolute Gasteiger partial charge is 0.166 e. The van der Waals surface area contributed by atoms with Gasteiger partial charge in [-0.3, -0.25) is 0 Å². The van der Waals surface area contributed by atoms with Crippen molar-refractivity contribution in [2.24, 2.45) is 0 Å². The molecule has 0 aliphatic carbocycles. The molecular weight excluding hydrogens is 285 g/mol. The normalized spacial score (nSPS) is 9.71. The van der Waals surface area contributed by atoms with Crippen LogP contribution in [0, 0.1) is 17.1 Å². The van der Waals surface area contributed by atoms with Gasteiger partial charge in [0.05, 0.1) is 11.6 Å². The van der Waals surface area contributed by atoms with Gasteiger partial charge in [-0.2, -0.15) is 5.26 Å². The summed E-state index contributed by atoms with van der Waals surface area (Å²) in [6.07, 6.45) is 0. The summed E-state index contributed by atoms with van der Waals surface area (Å²) in [5, 5.41) is 8.73. The Kier molecular flexibility index (Phi) is 3.40. The number of halogens is 2. The summed E-state index contributed by atoms with van der Waals surface area (Å²) in [5.41, 5.74) is 0.472. The Bertz CT molecular complexity index is 592. The second kappa shape index (κ2) is 4.98. The lowest BCUT2D eigenvalue weighted by atomic mass is 10.2. The Labute approximate surface area is 106 Å². The molecule has 0 aliphatic rings. The van der Waals surface area contributed by atoms with Crippen molar-refractivity contribution >= 4 is 15.9 Å². The van der Waals surface area contributed by atoms with E-state index in [-0.39, 0.29) is 5.75 Å². The highest BCUT2D eigenvalue weighted by Crippen LogP contribution is 2.27. The van der Waals surface area contributed by atoms with Gasteiger partial charge in [-0.15, -0.1) is 0 Å². The summed E-state index contributed by atoms with van der Waals surface area (Å²) < 4.78 is 19.5. The first-order valence-corrected chi connectivity index (χ1v) is 5.61. The third-order valence-electron chi connectivity index (χ3n) is 2.08. The highest BCUT2D eigenvalue weighted by molar-refractivity contribution is 9.10. The predicted molar refractivity (Wildman–Crippen MR) is 65.3 cm³/mol. The van der Waals surface area contributed by atoms with Gasteiger partial charge < -0.3 is 4.74 Å². The van der Waals surface area contributed by atoms with Crippen molar-refractivity contribution in [3.8, 4) is 17.6 Å². The van der Waals surface area contributed by atoms with Gasteiger partial charge in [0.1, 0.15) is 5.75 Å². The van der Waals surface area contributed by atoms with Crippen molar-refractivity contribution in [2.45, 2.75) is 0 Å². The predicted octanol–water partition coefficient (Wildman–Crippen LogP) is 4.25. The number of nitriles is 1. The molecule has 0 aliphatic heterocycles. The quantitative estimate of drug-likeness (QED) is 0.828. The van der Waals surface area contributed by atoms with Crippen LogP contribution < -0.4 is 4.74 Å². The van der Waals surface area contributed by atoms with Gasteiger partial charge in [0.2, 0.25) is 0 Å². The molecule has 0 unspecified atom stereocenters. The Morgan fingerprint density at radius 1 is 1.18 bits per heavy atom. The molecule has 0 spiro atoms. The van der Waals surface area contributed by atoms with Crippen molar-refractivity contribution in [3.63, 3.8) is 0 Å². The molecule has 0 saturated heterocycles. The van der Waals surface area contributed by atoms with Gasteiger partial charge in [0.25, 0.3) is 0 Å². The summed E-state index contributed by atoms with van der Waals surface area (Å²) in [4.78, 5) is 0. The van der Waals surface area contributed by atoms with Crippen LogP contribution in [0.3, 0.4) is 0 Å². The molecule has 17 heavy (non-hydrogen) atoms. The number of nitrogens with zero attached hydrogens (tertiary/aromatic N) is 1. The van der Waals surface area contributed by atoms with Crippen LogP contribution in [0.4, 0.5) is 4.39 Å². The molecule has 2 nitrogen and oxygen atoms in total. The minimum absolute atomic E-state index is 0.128. The summed E-state index contributed by atoms with van der Waals surface area (Å²) in [6.45, 7) is 0. The van der Waals surface area contributed by atoms with Gasteiger partial charge in [-0.1, -0.05) is 22.0 Å². The molecule has 2 aromatic rings. The summed E-state index contributed by atoms with van der Waals surface area (Å²) in [7, 11) is 0. The molecule has 0 amide bonds. The number of hydrogen-bond donors (Lipinski definition) is 0. The Morgan fingerprint density at radius 3 is 2.71 bits per heavy atom. The van der Waals surface area contributed by atoms with Crippen molar-refractivity contribution in [1.29, 1.82) is 5.26 Å². The highest BCUT2D eigenvalue weighted by atomic mass is 79.9. The molecular formula is C13H7BrFNO. The fourth-order valence-electron chi connectivity index (χ4n) is 1.31. The third kappa shape index (κ3) is 2.83. The second-order valence-electron chi connectivity index (χ2n) is 3.32. The van der Waals surface area contributed by atoms with E-state index in [1.807, 2.05) is 6.07 Å². The maximum atomic E-state index is 13.5. The van der Waals surface area contributed by atoms with Crippen molar-refractivity contribution in [2.75, 3.05) is 0 Å². The number of ether oxygens (including phenoxy) is 1. The molecule has 0 bridgehead atoms. The standard InChI is InChI=1S/C13H7BrFNO/c14-10-4-5-13(12(15)7-10)17-11-3-1-2-9(6-11)8-16/h1-7H. The first-order chi connectivity index (χ1) is 8.19. The zero-order chi connectivity index (χ0) is 12.3. The van der Waals surface area contributed by atoms with Crippen LogP contribution in [0.5, 0.6) is 11.5 Å². The number of benzene rings is 2. The monoisotopic (exact) mass is 291 g/mol. The Morgan fingerprint density at radius 2 is 2.00 bits per heavy atom. The molecule has 84 valence electrons. The average molecular weight is 292 g/mol. The molecule has 0 atom stereocenters. The Balaban J connectivity index is 2.28. The van der Waals surface area contributed by atoms with E-state index in [1.165, 1.54) is 12.1 Å². The maximum absolute atomic E-state index is 13.5. The lowest BCUT2D eigenvalue weighted by molar-refractivity contribution is 0.442. The van der Waals surface area contributed by atoms with E-state index >= 15 is 0 Å². The maximum Gasteiger partial charge on any atom is 0.166 e. The van der Waals surface area contributed by atoms with Crippen LogP contribution in [0.25, 0.3) is 0 Å². The topological polar surface area (TPSA) is 33.0 Å². The van der Waals surface area contributed by atoms with Gasteiger partial charge in [0.15, 0.2) is 11.6 Å². The van der Waals surface area contributed by atoms with Crippen LogP contribution in [0.1, 0.15) is 5.56 Å². The zero-order valence-corrected chi connectivity index (χ0v) is 10.2. The van der Waals surface area contributed by atoms with E-state index in [4.69, 9.17) is 10.00 Å². The molecule has 2 aromatic carbocycles. The lowest BCUT2D eigenvalue weighted by Gasteiger charge is -2.06. The highest BCUT2D eigenvalue weighted by Gasteiger charge is 2.05. The molecule has 0 saturated carbocycles. The fraction of sp³-hybridized carbons (Fsp3) is 0.